The Hall–Kier alpha value is -1.87. The monoisotopic (exact) mass is 303 g/mol. The number of methoxy groups -OCH3 is 1. The van der Waals surface area contributed by atoms with Crippen LogP contribution in [0.4, 0.5) is 0 Å². The van der Waals surface area contributed by atoms with Gasteiger partial charge in [0.1, 0.15) is 5.75 Å². The Labute approximate surface area is 129 Å². The van der Waals surface area contributed by atoms with Crippen molar-refractivity contribution in [2.24, 2.45) is 0 Å². The van der Waals surface area contributed by atoms with E-state index in [9.17, 15) is 4.79 Å². The van der Waals surface area contributed by atoms with Gasteiger partial charge in [-0.15, -0.1) is 0 Å². The van der Waals surface area contributed by atoms with Gasteiger partial charge in [-0.1, -0.05) is 11.6 Å². The summed E-state index contributed by atoms with van der Waals surface area (Å²) in [5.41, 5.74) is 4.17. The number of hydrogen-bond donors (Lipinski definition) is 0. The van der Waals surface area contributed by atoms with Crippen molar-refractivity contribution in [3.8, 4) is 5.75 Å². The summed E-state index contributed by atoms with van der Waals surface area (Å²) < 4.78 is 5.37. The van der Waals surface area contributed by atoms with Crippen molar-refractivity contribution in [1.29, 1.82) is 0 Å². The second-order valence-corrected chi connectivity index (χ2v) is 5.52. The van der Waals surface area contributed by atoms with Gasteiger partial charge in [0.15, 0.2) is 5.78 Å². The molecule has 0 atom stereocenters. The van der Waals surface area contributed by atoms with Crippen molar-refractivity contribution in [2.45, 2.75) is 27.2 Å². The molecule has 0 unspecified atom stereocenters. The van der Waals surface area contributed by atoms with Crippen LogP contribution in [0.25, 0.3) is 0 Å². The number of ether oxygens (including phenoxy) is 1. The van der Waals surface area contributed by atoms with Gasteiger partial charge in [-0.2, -0.15) is 0 Å². The molecular weight excluding hydrogens is 286 g/mol. The molecule has 3 nitrogen and oxygen atoms in total. The quantitative estimate of drug-likeness (QED) is 0.798. The average molecular weight is 304 g/mol. The topological polar surface area (TPSA) is 39.2 Å². The standard InChI is InChI=1S/C17H18ClNO2/c1-10-7-13(5-6-14(10)18)16(20)8-15-12(3)17(21-4)11(2)9-19-15/h5-7,9H,8H2,1-4H3. The summed E-state index contributed by atoms with van der Waals surface area (Å²) in [6.07, 6.45) is 1.99. The largest absolute Gasteiger partial charge is 0.496 e. The normalized spacial score (nSPS) is 10.5. The molecule has 21 heavy (non-hydrogen) atoms. The number of halogens is 1. The van der Waals surface area contributed by atoms with Gasteiger partial charge < -0.3 is 4.74 Å². The summed E-state index contributed by atoms with van der Waals surface area (Å²) in [4.78, 5) is 16.8. The smallest absolute Gasteiger partial charge is 0.168 e. The lowest BCUT2D eigenvalue weighted by molar-refractivity contribution is 0.0991. The van der Waals surface area contributed by atoms with E-state index in [1.165, 1.54) is 0 Å². The zero-order valence-corrected chi connectivity index (χ0v) is 13.4. The highest BCUT2D eigenvalue weighted by atomic mass is 35.5. The second kappa shape index (κ2) is 6.27. The Morgan fingerprint density at radius 1 is 1.24 bits per heavy atom. The van der Waals surface area contributed by atoms with E-state index in [-0.39, 0.29) is 12.2 Å². The highest BCUT2D eigenvalue weighted by molar-refractivity contribution is 6.31. The molecule has 0 N–H and O–H groups in total. The van der Waals surface area contributed by atoms with Crippen LogP contribution in [0.1, 0.15) is 32.7 Å². The molecule has 1 aromatic heterocycles. The molecule has 0 aliphatic rings. The Balaban J connectivity index is 2.29. The van der Waals surface area contributed by atoms with Crippen LogP contribution in [0.15, 0.2) is 24.4 Å². The van der Waals surface area contributed by atoms with Gasteiger partial charge in [0, 0.05) is 27.9 Å². The first-order valence-corrected chi connectivity index (χ1v) is 7.10. The van der Waals surface area contributed by atoms with Crippen LogP contribution < -0.4 is 4.74 Å². The van der Waals surface area contributed by atoms with Crippen molar-refractivity contribution >= 4 is 17.4 Å². The van der Waals surface area contributed by atoms with Gasteiger partial charge in [-0.05, 0) is 44.5 Å². The van der Waals surface area contributed by atoms with Crippen LogP contribution in [-0.4, -0.2) is 17.9 Å². The summed E-state index contributed by atoms with van der Waals surface area (Å²) in [5, 5.41) is 0.665. The summed E-state index contributed by atoms with van der Waals surface area (Å²) in [5.74, 6) is 0.816. The molecule has 0 amide bonds. The molecule has 0 saturated carbocycles. The fourth-order valence-corrected chi connectivity index (χ4v) is 2.44. The molecular formula is C17H18ClNO2. The number of ketones is 1. The lowest BCUT2D eigenvalue weighted by Gasteiger charge is -2.12. The highest BCUT2D eigenvalue weighted by Crippen LogP contribution is 2.25. The molecule has 2 aromatic rings. The molecule has 0 radical (unpaired) electrons. The number of benzene rings is 1. The number of pyridine rings is 1. The highest BCUT2D eigenvalue weighted by Gasteiger charge is 2.14. The molecule has 0 spiro atoms. The summed E-state index contributed by atoms with van der Waals surface area (Å²) in [6, 6.07) is 5.31. The predicted molar refractivity (Wildman–Crippen MR) is 84.5 cm³/mol. The van der Waals surface area contributed by atoms with E-state index >= 15 is 0 Å². The second-order valence-electron chi connectivity index (χ2n) is 5.11. The van der Waals surface area contributed by atoms with Crippen LogP contribution >= 0.6 is 11.6 Å². The maximum absolute atomic E-state index is 12.4. The molecule has 4 heteroatoms. The third kappa shape index (κ3) is 3.24. The number of rotatable bonds is 4. The van der Waals surface area contributed by atoms with Crippen molar-refractivity contribution in [1.82, 2.24) is 4.98 Å². The third-order valence-corrected chi connectivity index (χ3v) is 3.98. The van der Waals surface area contributed by atoms with Crippen LogP contribution in [0.2, 0.25) is 5.02 Å². The molecule has 110 valence electrons. The molecule has 0 saturated heterocycles. The number of hydrogen-bond acceptors (Lipinski definition) is 3. The molecule has 0 fully saturated rings. The van der Waals surface area contributed by atoms with Crippen molar-refractivity contribution in [3.05, 3.63) is 57.4 Å². The van der Waals surface area contributed by atoms with E-state index in [4.69, 9.17) is 16.3 Å². The number of nitrogens with zero attached hydrogens (tertiary/aromatic N) is 1. The van der Waals surface area contributed by atoms with Crippen molar-refractivity contribution < 1.29 is 9.53 Å². The van der Waals surface area contributed by atoms with E-state index < -0.39 is 0 Å². The van der Waals surface area contributed by atoms with Crippen LogP contribution in [-0.2, 0) is 6.42 Å². The minimum atomic E-state index is 0.0243. The first kappa shape index (κ1) is 15.5. The van der Waals surface area contributed by atoms with E-state index in [1.807, 2.05) is 26.8 Å². The summed E-state index contributed by atoms with van der Waals surface area (Å²) in [7, 11) is 1.63. The Morgan fingerprint density at radius 2 is 1.95 bits per heavy atom. The Bertz CT molecular complexity index is 695. The maximum atomic E-state index is 12.4. The molecule has 1 heterocycles. The fourth-order valence-electron chi connectivity index (χ4n) is 2.32. The number of carbonyl (C=O) groups excluding carboxylic acids is 1. The zero-order valence-electron chi connectivity index (χ0n) is 12.7. The number of aromatic nitrogens is 1. The van der Waals surface area contributed by atoms with Gasteiger partial charge in [-0.25, -0.2) is 0 Å². The zero-order chi connectivity index (χ0) is 15.6. The third-order valence-electron chi connectivity index (χ3n) is 3.56. The van der Waals surface area contributed by atoms with Crippen LogP contribution in [0, 0.1) is 20.8 Å². The summed E-state index contributed by atoms with van der Waals surface area (Å²) >= 11 is 5.99. The molecule has 0 aliphatic carbocycles. The maximum Gasteiger partial charge on any atom is 0.168 e. The SMILES string of the molecule is COc1c(C)cnc(CC(=O)c2ccc(Cl)c(C)c2)c1C. The molecule has 0 bridgehead atoms. The Kier molecular flexibility index (Phi) is 4.63. The van der Waals surface area contributed by atoms with E-state index in [0.29, 0.717) is 10.6 Å². The fraction of sp³-hybridized carbons (Fsp3) is 0.294. The van der Waals surface area contributed by atoms with Gasteiger partial charge in [0.05, 0.1) is 19.2 Å². The minimum absolute atomic E-state index is 0.0243. The average Bonchev–Trinajstić information content (AvgIpc) is 2.45. The number of carbonyl (C=O) groups is 1. The van der Waals surface area contributed by atoms with E-state index in [0.717, 1.165) is 28.1 Å². The number of Topliss-reactive ketones (excluding diaryl/α,β-unsaturated/α-hetero) is 1. The van der Waals surface area contributed by atoms with Crippen LogP contribution in [0.5, 0.6) is 5.75 Å². The van der Waals surface area contributed by atoms with E-state index in [2.05, 4.69) is 4.98 Å². The molecule has 2 rings (SSSR count). The van der Waals surface area contributed by atoms with Gasteiger partial charge in [0.25, 0.3) is 0 Å². The first-order valence-electron chi connectivity index (χ1n) is 6.72. The van der Waals surface area contributed by atoms with E-state index in [1.54, 1.807) is 25.4 Å². The predicted octanol–water partition coefficient (Wildman–Crippen LogP) is 4.09. The molecule has 0 aliphatic heterocycles. The number of aryl methyl sites for hydroxylation is 2. The Morgan fingerprint density at radius 3 is 2.57 bits per heavy atom. The molecule has 1 aromatic carbocycles. The van der Waals surface area contributed by atoms with Gasteiger partial charge >= 0.3 is 0 Å². The minimum Gasteiger partial charge on any atom is -0.496 e. The lowest BCUT2D eigenvalue weighted by atomic mass is 10.0. The van der Waals surface area contributed by atoms with Crippen LogP contribution in [0.3, 0.4) is 0 Å². The van der Waals surface area contributed by atoms with Crippen molar-refractivity contribution in [3.63, 3.8) is 0 Å². The first-order chi connectivity index (χ1) is 9.93. The van der Waals surface area contributed by atoms with Crippen molar-refractivity contribution in [2.75, 3.05) is 7.11 Å². The van der Waals surface area contributed by atoms with Gasteiger partial charge in [-0.3, -0.25) is 9.78 Å². The summed E-state index contributed by atoms with van der Waals surface area (Å²) in [6.45, 7) is 5.75. The lowest BCUT2D eigenvalue weighted by Crippen LogP contribution is -2.08. The van der Waals surface area contributed by atoms with Gasteiger partial charge in [0.2, 0.25) is 0 Å².